The molecule has 1 aromatic heterocycles. The highest BCUT2D eigenvalue weighted by Gasteiger charge is 2.12. The van der Waals surface area contributed by atoms with Crippen molar-refractivity contribution in [3.05, 3.63) is 83.4 Å². The lowest BCUT2D eigenvalue weighted by molar-refractivity contribution is 0.102. The van der Waals surface area contributed by atoms with Gasteiger partial charge in [0.2, 0.25) is 5.89 Å². The standard InChI is InChI=1S/C23H20N2O2/c1-3-16-9-12-17(13-10-16)22(26)24-20-14-18(11-8-15(20)2)23-25-19-6-4-5-7-21(19)27-23/h4-14H,3H2,1-2H3,(H,24,26). The van der Waals surface area contributed by atoms with E-state index < -0.39 is 0 Å². The van der Waals surface area contributed by atoms with Crippen molar-refractivity contribution in [2.45, 2.75) is 20.3 Å². The topological polar surface area (TPSA) is 55.1 Å². The molecule has 1 N–H and O–H groups in total. The van der Waals surface area contributed by atoms with E-state index >= 15 is 0 Å². The van der Waals surface area contributed by atoms with Gasteiger partial charge in [0.1, 0.15) is 5.52 Å². The number of hydrogen-bond acceptors (Lipinski definition) is 3. The summed E-state index contributed by atoms with van der Waals surface area (Å²) in [5.41, 5.74) is 5.96. The second-order valence-electron chi connectivity index (χ2n) is 6.52. The predicted octanol–water partition coefficient (Wildman–Crippen LogP) is 5.62. The number of nitrogens with one attached hydrogen (secondary N) is 1. The number of anilines is 1. The molecule has 27 heavy (non-hydrogen) atoms. The van der Waals surface area contributed by atoms with Gasteiger partial charge in [-0.1, -0.05) is 37.3 Å². The number of para-hydroxylation sites is 2. The molecular weight excluding hydrogens is 336 g/mol. The molecule has 4 aromatic rings. The first-order valence-electron chi connectivity index (χ1n) is 9.01. The molecule has 4 heteroatoms. The highest BCUT2D eigenvalue weighted by molar-refractivity contribution is 6.05. The van der Waals surface area contributed by atoms with Crippen molar-refractivity contribution >= 4 is 22.7 Å². The maximum Gasteiger partial charge on any atom is 0.255 e. The van der Waals surface area contributed by atoms with Crippen LogP contribution < -0.4 is 5.32 Å². The van der Waals surface area contributed by atoms with E-state index in [9.17, 15) is 4.79 Å². The summed E-state index contributed by atoms with van der Waals surface area (Å²) in [4.78, 5) is 17.1. The molecule has 0 aliphatic carbocycles. The Morgan fingerprint density at radius 2 is 1.81 bits per heavy atom. The molecule has 1 amide bonds. The number of rotatable bonds is 4. The van der Waals surface area contributed by atoms with E-state index in [-0.39, 0.29) is 5.91 Å². The van der Waals surface area contributed by atoms with Crippen LogP contribution in [0.1, 0.15) is 28.4 Å². The van der Waals surface area contributed by atoms with Crippen LogP contribution in [0.15, 0.2) is 71.1 Å². The van der Waals surface area contributed by atoms with Gasteiger partial charge in [-0.3, -0.25) is 4.79 Å². The van der Waals surface area contributed by atoms with Crippen molar-refractivity contribution in [2.75, 3.05) is 5.32 Å². The monoisotopic (exact) mass is 356 g/mol. The number of fused-ring (bicyclic) bond motifs is 1. The summed E-state index contributed by atoms with van der Waals surface area (Å²) in [6, 6.07) is 21.1. The van der Waals surface area contributed by atoms with Crippen molar-refractivity contribution in [2.24, 2.45) is 0 Å². The summed E-state index contributed by atoms with van der Waals surface area (Å²) in [5.74, 6) is 0.412. The van der Waals surface area contributed by atoms with Gasteiger partial charge in [0.05, 0.1) is 0 Å². The van der Waals surface area contributed by atoms with Crippen LogP contribution in [-0.4, -0.2) is 10.9 Å². The smallest absolute Gasteiger partial charge is 0.255 e. The molecule has 4 nitrogen and oxygen atoms in total. The van der Waals surface area contributed by atoms with Gasteiger partial charge < -0.3 is 9.73 Å². The Bertz CT molecular complexity index is 1080. The minimum Gasteiger partial charge on any atom is -0.436 e. The second-order valence-corrected chi connectivity index (χ2v) is 6.52. The zero-order valence-corrected chi connectivity index (χ0v) is 15.3. The van der Waals surface area contributed by atoms with Crippen molar-refractivity contribution < 1.29 is 9.21 Å². The Labute approximate surface area is 157 Å². The van der Waals surface area contributed by atoms with Gasteiger partial charge in [-0.2, -0.15) is 0 Å². The Morgan fingerprint density at radius 1 is 1.04 bits per heavy atom. The van der Waals surface area contributed by atoms with E-state index in [4.69, 9.17) is 4.42 Å². The number of aryl methyl sites for hydroxylation is 2. The maximum atomic E-state index is 12.6. The van der Waals surface area contributed by atoms with E-state index in [2.05, 4.69) is 17.2 Å². The zero-order valence-electron chi connectivity index (χ0n) is 15.3. The summed E-state index contributed by atoms with van der Waals surface area (Å²) < 4.78 is 5.84. The number of oxazole rings is 1. The quantitative estimate of drug-likeness (QED) is 0.516. The van der Waals surface area contributed by atoms with E-state index in [0.717, 1.165) is 34.3 Å². The van der Waals surface area contributed by atoms with Crippen LogP contribution in [0.5, 0.6) is 0 Å². The Hall–Kier alpha value is -3.40. The number of benzene rings is 3. The lowest BCUT2D eigenvalue weighted by Gasteiger charge is -2.10. The Kier molecular flexibility index (Phi) is 4.47. The van der Waals surface area contributed by atoms with Gasteiger partial charge in [-0.05, 0) is 60.9 Å². The number of hydrogen-bond donors (Lipinski definition) is 1. The number of nitrogens with zero attached hydrogens (tertiary/aromatic N) is 1. The number of carbonyl (C=O) groups excluding carboxylic acids is 1. The number of amides is 1. The minimum absolute atomic E-state index is 0.129. The third-order valence-electron chi connectivity index (χ3n) is 4.65. The summed E-state index contributed by atoms with van der Waals surface area (Å²) >= 11 is 0. The van der Waals surface area contributed by atoms with E-state index in [1.807, 2.05) is 73.7 Å². The molecule has 0 radical (unpaired) electrons. The van der Waals surface area contributed by atoms with E-state index in [1.54, 1.807) is 0 Å². The zero-order chi connectivity index (χ0) is 18.8. The molecule has 1 heterocycles. The molecule has 0 aliphatic rings. The van der Waals surface area contributed by atoms with Crippen LogP contribution in [0.25, 0.3) is 22.6 Å². The largest absolute Gasteiger partial charge is 0.436 e. The molecule has 0 atom stereocenters. The van der Waals surface area contributed by atoms with Gasteiger partial charge in [0.15, 0.2) is 5.58 Å². The van der Waals surface area contributed by atoms with Crippen molar-refractivity contribution in [1.82, 2.24) is 4.98 Å². The van der Waals surface area contributed by atoms with Crippen molar-refractivity contribution in [3.8, 4) is 11.5 Å². The molecule has 0 saturated carbocycles. The lowest BCUT2D eigenvalue weighted by Crippen LogP contribution is -2.12. The Balaban J connectivity index is 1.62. The number of aromatic nitrogens is 1. The van der Waals surface area contributed by atoms with Gasteiger partial charge >= 0.3 is 0 Å². The third kappa shape index (κ3) is 3.47. The molecule has 134 valence electrons. The van der Waals surface area contributed by atoms with Crippen molar-refractivity contribution in [1.29, 1.82) is 0 Å². The van der Waals surface area contributed by atoms with Gasteiger partial charge in [-0.15, -0.1) is 0 Å². The summed E-state index contributed by atoms with van der Waals surface area (Å²) in [6.07, 6.45) is 0.952. The fraction of sp³-hybridized carbons (Fsp3) is 0.130. The first-order chi connectivity index (χ1) is 13.1. The summed E-state index contributed by atoms with van der Waals surface area (Å²) in [5, 5.41) is 3.00. The third-order valence-corrected chi connectivity index (χ3v) is 4.65. The molecule has 0 unspecified atom stereocenters. The van der Waals surface area contributed by atoms with Crippen LogP contribution in [0.4, 0.5) is 5.69 Å². The summed E-state index contributed by atoms with van der Waals surface area (Å²) in [6.45, 7) is 4.06. The highest BCUT2D eigenvalue weighted by atomic mass is 16.3. The van der Waals surface area contributed by atoms with Crippen LogP contribution in [0.3, 0.4) is 0 Å². The van der Waals surface area contributed by atoms with E-state index in [0.29, 0.717) is 11.5 Å². The molecular formula is C23H20N2O2. The molecule has 4 rings (SSSR count). The average Bonchev–Trinajstić information content (AvgIpc) is 3.14. The van der Waals surface area contributed by atoms with E-state index in [1.165, 1.54) is 5.56 Å². The van der Waals surface area contributed by atoms with Crippen LogP contribution in [0.2, 0.25) is 0 Å². The number of carbonyl (C=O) groups is 1. The minimum atomic E-state index is -0.129. The Morgan fingerprint density at radius 3 is 2.56 bits per heavy atom. The van der Waals surface area contributed by atoms with Crippen LogP contribution in [0, 0.1) is 6.92 Å². The molecule has 0 bridgehead atoms. The first-order valence-corrected chi connectivity index (χ1v) is 9.01. The SMILES string of the molecule is CCc1ccc(C(=O)Nc2cc(-c3nc4ccccc4o3)ccc2C)cc1. The van der Waals surface area contributed by atoms with Gasteiger partial charge in [0.25, 0.3) is 5.91 Å². The normalized spacial score (nSPS) is 10.9. The fourth-order valence-electron chi connectivity index (χ4n) is 2.97. The van der Waals surface area contributed by atoms with Crippen LogP contribution >= 0.6 is 0 Å². The molecule has 3 aromatic carbocycles. The fourth-order valence-corrected chi connectivity index (χ4v) is 2.97. The first kappa shape index (κ1) is 17.0. The highest BCUT2D eigenvalue weighted by Crippen LogP contribution is 2.28. The second kappa shape index (κ2) is 7.08. The molecule has 0 spiro atoms. The van der Waals surface area contributed by atoms with Gasteiger partial charge in [0, 0.05) is 16.8 Å². The maximum absolute atomic E-state index is 12.6. The molecule has 0 saturated heterocycles. The lowest BCUT2D eigenvalue weighted by atomic mass is 10.1. The average molecular weight is 356 g/mol. The predicted molar refractivity (Wildman–Crippen MR) is 108 cm³/mol. The summed E-state index contributed by atoms with van der Waals surface area (Å²) in [7, 11) is 0. The molecule has 0 fully saturated rings. The van der Waals surface area contributed by atoms with Gasteiger partial charge in [-0.25, -0.2) is 4.98 Å². The van der Waals surface area contributed by atoms with Crippen LogP contribution in [-0.2, 0) is 6.42 Å². The molecule has 0 aliphatic heterocycles. The van der Waals surface area contributed by atoms with Crippen molar-refractivity contribution in [3.63, 3.8) is 0 Å².